The summed E-state index contributed by atoms with van der Waals surface area (Å²) in [6, 6.07) is -0.483. The summed E-state index contributed by atoms with van der Waals surface area (Å²) in [6.07, 6.45) is 2.17. The molecule has 0 aromatic rings. The van der Waals surface area contributed by atoms with Crippen LogP contribution in [0.1, 0.15) is 40.0 Å². The van der Waals surface area contributed by atoms with Crippen LogP contribution in [0.2, 0.25) is 0 Å². The third-order valence-corrected chi connectivity index (χ3v) is 4.63. The van der Waals surface area contributed by atoms with Gasteiger partial charge in [0, 0.05) is 12.6 Å². The van der Waals surface area contributed by atoms with Crippen LogP contribution < -0.4 is 5.32 Å². The molecule has 2 atom stereocenters. The molecule has 2 N–H and O–H groups in total. The molecule has 6 nitrogen and oxygen atoms in total. The highest BCUT2D eigenvalue weighted by atomic mass is 16.5. The maximum atomic E-state index is 12.4. The summed E-state index contributed by atoms with van der Waals surface area (Å²) in [6.45, 7) is 7.19. The van der Waals surface area contributed by atoms with Gasteiger partial charge in [0.2, 0.25) is 0 Å². The molecule has 2 unspecified atom stereocenters. The summed E-state index contributed by atoms with van der Waals surface area (Å²) < 4.78 is 5.40. The topological polar surface area (TPSA) is 78.9 Å². The monoisotopic (exact) mass is 284 g/mol. The van der Waals surface area contributed by atoms with Crippen LogP contribution in [0, 0.1) is 5.41 Å². The second-order valence-corrected chi connectivity index (χ2v) is 6.63. The van der Waals surface area contributed by atoms with Crippen LogP contribution in [0.25, 0.3) is 0 Å². The lowest BCUT2D eigenvalue weighted by Crippen LogP contribution is -2.61. The number of carboxylic acids is 1. The summed E-state index contributed by atoms with van der Waals surface area (Å²) in [4.78, 5) is 25.6. The van der Waals surface area contributed by atoms with Gasteiger partial charge in [0.25, 0.3) is 0 Å². The Kier molecular flexibility index (Phi) is 3.95. The Labute approximate surface area is 119 Å². The Hall–Kier alpha value is -1.30. The minimum atomic E-state index is -0.855. The SMILES string of the molecule is CC1(C(=O)O)CCCC1NC(=O)N1CCOCC1(C)C. The predicted molar refractivity (Wildman–Crippen MR) is 73.5 cm³/mol. The van der Waals surface area contributed by atoms with Crippen LogP contribution in [0.4, 0.5) is 4.79 Å². The summed E-state index contributed by atoms with van der Waals surface area (Å²) in [5.41, 5.74) is -1.22. The van der Waals surface area contributed by atoms with E-state index in [9.17, 15) is 14.7 Å². The van der Waals surface area contributed by atoms with Gasteiger partial charge in [-0.05, 0) is 33.6 Å². The number of carbonyl (C=O) groups excluding carboxylic acids is 1. The van der Waals surface area contributed by atoms with Crippen molar-refractivity contribution >= 4 is 12.0 Å². The van der Waals surface area contributed by atoms with E-state index in [2.05, 4.69) is 5.32 Å². The highest BCUT2D eigenvalue weighted by Crippen LogP contribution is 2.38. The summed E-state index contributed by atoms with van der Waals surface area (Å²) in [5, 5.41) is 12.3. The number of ether oxygens (including phenoxy) is 1. The molecule has 0 bridgehead atoms. The number of hydrogen-bond acceptors (Lipinski definition) is 3. The molecule has 6 heteroatoms. The second kappa shape index (κ2) is 5.24. The van der Waals surface area contributed by atoms with Crippen molar-refractivity contribution in [2.45, 2.75) is 51.6 Å². The molecule has 0 radical (unpaired) electrons. The Morgan fingerprint density at radius 3 is 2.65 bits per heavy atom. The van der Waals surface area contributed by atoms with Crippen molar-refractivity contribution in [3.05, 3.63) is 0 Å². The number of nitrogens with zero attached hydrogens (tertiary/aromatic N) is 1. The number of urea groups is 1. The van der Waals surface area contributed by atoms with Crippen LogP contribution in [0.15, 0.2) is 0 Å². The van der Waals surface area contributed by atoms with Gasteiger partial charge in [-0.2, -0.15) is 0 Å². The van der Waals surface area contributed by atoms with Gasteiger partial charge in [-0.3, -0.25) is 4.79 Å². The molecule has 0 aromatic heterocycles. The van der Waals surface area contributed by atoms with Crippen LogP contribution in [0.5, 0.6) is 0 Å². The zero-order chi connectivity index (χ0) is 15.0. The van der Waals surface area contributed by atoms with Crippen LogP contribution >= 0.6 is 0 Å². The Balaban J connectivity index is 2.06. The number of amides is 2. The van der Waals surface area contributed by atoms with E-state index >= 15 is 0 Å². The molecule has 2 aliphatic rings. The first kappa shape index (κ1) is 15.1. The lowest BCUT2D eigenvalue weighted by Gasteiger charge is -2.43. The third kappa shape index (κ3) is 2.61. The number of hydrogen-bond donors (Lipinski definition) is 2. The maximum absolute atomic E-state index is 12.4. The molecule has 2 amide bonds. The van der Waals surface area contributed by atoms with E-state index < -0.39 is 11.4 Å². The number of carboxylic acid groups (broad SMARTS) is 1. The molecule has 1 aliphatic carbocycles. The lowest BCUT2D eigenvalue weighted by molar-refractivity contribution is -0.148. The summed E-state index contributed by atoms with van der Waals surface area (Å²) in [5.74, 6) is -0.832. The molecule has 0 aromatic carbocycles. The van der Waals surface area contributed by atoms with Gasteiger partial charge in [-0.15, -0.1) is 0 Å². The first-order valence-corrected chi connectivity index (χ1v) is 7.17. The Morgan fingerprint density at radius 2 is 2.05 bits per heavy atom. The van der Waals surface area contributed by atoms with Crippen molar-refractivity contribution in [2.75, 3.05) is 19.8 Å². The van der Waals surface area contributed by atoms with Gasteiger partial charge in [-0.1, -0.05) is 6.42 Å². The minimum Gasteiger partial charge on any atom is -0.481 e. The molecular weight excluding hydrogens is 260 g/mol. The molecule has 1 saturated heterocycles. The van der Waals surface area contributed by atoms with Crippen LogP contribution in [-0.4, -0.2) is 53.3 Å². The largest absolute Gasteiger partial charge is 0.481 e. The fourth-order valence-corrected chi connectivity index (χ4v) is 3.12. The van der Waals surface area contributed by atoms with E-state index in [1.165, 1.54) is 0 Å². The molecule has 0 spiro atoms. The van der Waals surface area contributed by atoms with Crippen LogP contribution in [0.3, 0.4) is 0 Å². The van der Waals surface area contributed by atoms with Crippen molar-refractivity contribution in [3.63, 3.8) is 0 Å². The smallest absolute Gasteiger partial charge is 0.318 e. The second-order valence-electron chi connectivity index (χ2n) is 6.63. The third-order valence-electron chi connectivity index (χ3n) is 4.63. The van der Waals surface area contributed by atoms with E-state index in [4.69, 9.17) is 4.74 Å². The molecule has 2 fully saturated rings. The first-order chi connectivity index (χ1) is 9.27. The van der Waals surface area contributed by atoms with E-state index in [0.29, 0.717) is 26.2 Å². The fraction of sp³-hybridized carbons (Fsp3) is 0.857. The van der Waals surface area contributed by atoms with E-state index in [-0.39, 0.29) is 17.6 Å². The van der Waals surface area contributed by atoms with Gasteiger partial charge in [0.1, 0.15) is 0 Å². The summed E-state index contributed by atoms with van der Waals surface area (Å²) in [7, 11) is 0. The molecule has 114 valence electrons. The van der Waals surface area contributed by atoms with Gasteiger partial charge >= 0.3 is 12.0 Å². The number of nitrogens with one attached hydrogen (secondary N) is 1. The number of aliphatic carboxylic acids is 1. The zero-order valence-electron chi connectivity index (χ0n) is 12.4. The standard InChI is InChI=1S/C14H24N2O4/c1-13(2)9-20-8-7-16(13)12(19)15-10-5-4-6-14(10,3)11(17)18/h10H,4-9H2,1-3H3,(H,15,19)(H,17,18). The van der Waals surface area contributed by atoms with Gasteiger partial charge in [0.15, 0.2) is 0 Å². The lowest BCUT2D eigenvalue weighted by atomic mass is 9.85. The molecule has 20 heavy (non-hydrogen) atoms. The van der Waals surface area contributed by atoms with E-state index in [0.717, 1.165) is 12.8 Å². The van der Waals surface area contributed by atoms with E-state index in [1.807, 2.05) is 13.8 Å². The fourth-order valence-electron chi connectivity index (χ4n) is 3.12. The Morgan fingerprint density at radius 1 is 1.35 bits per heavy atom. The summed E-state index contributed by atoms with van der Waals surface area (Å²) >= 11 is 0. The number of carbonyl (C=O) groups is 2. The van der Waals surface area contributed by atoms with Gasteiger partial charge < -0.3 is 20.1 Å². The highest BCUT2D eigenvalue weighted by molar-refractivity contribution is 5.79. The number of morpholine rings is 1. The van der Waals surface area contributed by atoms with Crippen molar-refractivity contribution in [2.24, 2.45) is 5.41 Å². The van der Waals surface area contributed by atoms with Gasteiger partial charge in [0.05, 0.1) is 24.2 Å². The number of rotatable bonds is 2. The molecule has 1 saturated carbocycles. The quantitative estimate of drug-likeness (QED) is 0.804. The van der Waals surface area contributed by atoms with Gasteiger partial charge in [-0.25, -0.2) is 4.79 Å². The molecule has 2 rings (SSSR count). The van der Waals surface area contributed by atoms with Crippen molar-refractivity contribution in [1.82, 2.24) is 10.2 Å². The Bertz CT molecular complexity index is 410. The highest BCUT2D eigenvalue weighted by Gasteiger charge is 2.47. The molecule has 1 heterocycles. The van der Waals surface area contributed by atoms with Crippen molar-refractivity contribution in [3.8, 4) is 0 Å². The van der Waals surface area contributed by atoms with Crippen LogP contribution in [-0.2, 0) is 9.53 Å². The van der Waals surface area contributed by atoms with Crippen molar-refractivity contribution < 1.29 is 19.4 Å². The van der Waals surface area contributed by atoms with E-state index in [1.54, 1.807) is 11.8 Å². The first-order valence-electron chi connectivity index (χ1n) is 7.17. The normalized spacial score (nSPS) is 33.0. The average molecular weight is 284 g/mol. The van der Waals surface area contributed by atoms with Crippen molar-refractivity contribution in [1.29, 1.82) is 0 Å². The zero-order valence-corrected chi connectivity index (χ0v) is 12.4. The maximum Gasteiger partial charge on any atom is 0.318 e. The minimum absolute atomic E-state index is 0.183. The molecule has 1 aliphatic heterocycles. The molecular formula is C14H24N2O4. The average Bonchev–Trinajstić information content (AvgIpc) is 2.71. The predicted octanol–water partition coefficient (Wildman–Crippen LogP) is 1.45.